The van der Waals surface area contributed by atoms with Gasteiger partial charge in [0.2, 0.25) is 5.13 Å². The van der Waals surface area contributed by atoms with Gasteiger partial charge in [-0.2, -0.15) is 0 Å². The number of carbonyl (C=O) groups is 1. The van der Waals surface area contributed by atoms with Crippen LogP contribution in [-0.2, 0) is 0 Å². The molecule has 0 bridgehead atoms. The summed E-state index contributed by atoms with van der Waals surface area (Å²) < 4.78 is 0.860. The molecule has 0 fully saturated rings. The molecule has 2 amide bonds. The van der Waals surface area contributed by atoms with E-state index in [9.17, 15) is 4.79 Å². The van der Waals surface area contributed by atoms with Gasteiger partial charge in [0.25, 0.3) is 0 Å². The van der Waals surface area contributed by atoms with E-state index in [-0.39, 0.29) is 6.03 Å². The van der Waals surface area contributed by atoms with Gasteiger partial charge >= 0.3 is 6.03 Å². The van der Waals surface area contributed by atoms with Crippen LogP contribution in [0.25, 0.3) is 0 Å². The van der Waals surface area contributed by atoms with Gasteiger partial charge in [-0.15, -0.1) is 21.5 Å². The summed E-state index contributed by atoms with van der Waals surface area (Å²) in [5, 5.41) is 16.4. The lowest BCUT2D eigenvalue weighted by Gasteiger charge is -2.00. The molecule has 0 spiro atoms. The van der Waals surface area contributed by atoms with Gasteiger partial charge in [-0.3, -0.25) is 10.6 Å². The van der Waals surface area contributed by atoms with Crippen molar-refractivity contribution in [1.29, 1.82) is 0 Å². The average molecular weight is 286 g/mol. The van der Waals surface area contributed by atoms with E-state index < -0.39 is 0 Å². The van der Waals surface area contributed by atoms with Gasteiger partial charge in [-0.25, -0.2) is 4.79 Å². The van der Waals surface area contributed by atoms with E-state index in [1.54, 1.807) is 11.8 Å². The first-order chi connectivity index (χ1) is 8.28. The number of nitrogens with one attached hydrogen (secondary N) is 2. The molecule has 17 heavy (non-hydrogen) atoms. The number of rotatable bonds is 4. The van der Waals surface area contributed by atoms with Crippen molar-refractivity contribution in [1.82, 2.24) is 10.2 Å². The molecule has 0 atom stereocenters. The Morgan fingerprint density at radius 3 is 3.06 bits per heavy atom. The third-order valence-corrected chi connectivity index (χ3v) is 4.29. The van der Waals surface area contributed by atoms with E-state index in [0.29, 0.717) is 5.13 Å². The second-order valence-corrected chi connectivity index (χ2v) is 6.30. The Kier molecular flexibility index (Phi) is 4.35. The lowest BCUT2D eigenvalue weighted by Crippen LogP contribution is -2.18. The highest BCUT2D eigenvalue weighted by atomic mass is 32.2. The van der Waals surface area contributed by atoms with E-state index >= 15 is 0 Å². The van der Waals surface area contributed by atoms with Crippen molar-refractivity contribution >= 4 is 50.6 Å². The van der Waals surface area contributed by atoms with Crippen LogP contribution in [0.5, 0.6) is 0 Å². The van der Waals surface area contributed by atoms with Crippen molar-refractivity contribution in [2.75, 3.05) is 16.4 Å². The van der Waals surface area contributed by atoms with Gasteiger partial charge in [0.05, 0.1) is 5.00 Å². The molecule has 5 nitrogen and oxygen atoms in total. The van der Waals surface area contributed by atoms with Crippen LogP contribution in [-0.4, -0.2) is 22.0 Å². The smallest absolute Gasteiger partial charge is 0.299 e. The largest absolute Gasteiger partial charge is 0.326 e. The van der Waals surface area contributed by atoms with E-state index in [2.05, 4.69) is 20.8 Å². The molecule has 0 aliphatic rings. The summed E-state index contributed by atoms with van der Waals surface area (Å²) >= 11 is 4.44. The van der Waals surface area contributed by atoms with E-state index in [1.807, 2.05) is 24.4 Å². The van der Waals surface area contributed by atoms with Crippen LogP contribution >= 0.6 is 34.4 Å². The maximum absolute atomic E-state index is 11.6. The lowest BCUT2D eigenvalue weighted by atomic mass is 10.6. The molecular formula is C9H10N4OS3. The molecule has 0 unspecified atom stereocenters. The standard InChI is InChI=1S/C9H10N4OS3/c1-2-15-9-13-12-8(17-9)11-7(14)10-6-4-3-5-16-6/h3-5H,2H2,1H3,(H2,10,11,12,14). The molecule has 0 aliphatic carbocycles. The summed E-state index contributed by atoms with van der Waals surface area (Å²) in [4.78, 5) is 11.6. The minimum absolute atomic E-state index is 0.295. The molecule has 0 saturated heterocycles. The summed E-state index contributed by atoms with van der Waals surface area (Å²) in [7, 11) is 0. The fraction of sp³-hybridized carbons (Fsp3) is 0.222. The maximum atomic E-state index is 11.6. The minimum Gasteiger partial charge on any atom is -0.299 e. The number of amides is 2. The van der Waals surface area contributed by atoms with E-state index in [4.69, 9.17) is 0 Å². The first kappa shape index (κ1) is 12.3. The number of hydrogen-bond donors (Lipinski definition) is 2. The van der Waals surface area contributed by atoms with Crippen molar-refractivity contribution in [2.45, 2.75) is 11.3 Å². The Balaban J connectivity index is 1.89. The molecule has 0 saturated carbocycles. The zero-order chi connectivity index (χ0) is 12.1. The molecule has 0 aromatic carbocycles. The number of hydrogen-bond acceptors (Lipinski definition) is 6. The minimum atomic E-state index is -0.295. The van der Waals surface area contributed by atoms with Crippen LogP contribution in [0, 0.1) is 0 Å². The number of nitrogens with zero attached hydrogens (tertiary/aromatic N) is 2. The van der Waals surface area contributed by atoms with Gasteiger partial charge in [0.1, 0.15) is 0 Å². The highest BCUT2D eigenvalue weighted by molar-refractivity contribution is 8.01. The number of carbonyl (C=O) groups excluding carboxylic acids is 1. The van der Waals surface area contributed by atoms with Crippen LogP contribution in [0.4, 0.5) is 14.9 Å². The van der Waals surface area contributed by atoms with Crippen LogP contribution in [0.2, 0.25) is 0 Å². The monoisotopic (exact) mass is 286 g/mol. The second-order valence-electron chi connectivity index (χ2n) is 2.86. The molecule has 90 valence electrons. The van der Waals surface area contributed by atoms with Crippen molar-refractivity contribution in [3.8, 4) is 0 Å². The zero-order valence-electron chi connectivity index (χ0n) is 8.97. The molecule has 0 aliphatic heterocycles. The molecule has 0 radical (unpaired) electrons. The molecule has 2 aromatic rings. The van der Waals surface area contributed by atoms with Gasteiger partial charge in [-0.1, -0.05) is 30.0 Å². The Hall–Kier alpha value is -1.12. The summed E-state index contributed by atoms with van der Waals surface area (Å²) in [5.74, 6) is 0.941. The lowest BCUT2D eigenvalue weighted by molar-refractivity contribution is 0.262. The third kappa shape index (κ3) is 3.69. The number of aromatic nitrogens is 2. The number of urea groups is 1. The molecule has 2 N–H and O–H groups in total. The first-order valence-corrected chi connectivity index (χ1v) is 7.54. The Bertz CT molecular complexity index is 482. The van der Waals surface area contributed by atoms with Crippen LogP contribution < -0.4 is 10.6 Å². The quantitative estimate of drug-likeness (QED) is 0.668. The molecule has 8 heteroatoms. The topological polar surface area (TPSA) is 66.9 Å². The van der Waals surface area contributed by atoms with Gasteiger partial charge in [-0.05, 0) is 23.3 Å². The fourth-order valence-electron chi connectivity index (χ4n) is 1.03. The van der Waals surface area contributed by atoms with E-state index in [0.717, 1.165) is 15.1 Å². The Labute approximate surface area is 111 Å². The van der Waals surface area contributed by atoms with Gasteiger partial charge in [0, 0.05) is 0 Å². The average Bonchev–Trinajstić information content (AvgIpc) is 2.91. The predicted octanol–water partition coefficient (Wildman–Crippen LogP) is 3.36. The van der Waals surface area contributed by atoms with E-state index in [1.165, 1.54) is 22.7 Å². The van der Waals surface area contributed by atoms with Crippen molar-refractivity contribution in [3.63, 3.8) is 0 Å². The van der Waals surface area contributed by atoms with Crippen molar-refractivity contribution in [2.24, 2.45) is 0 Å². The van der Waals surface area contributed by atoms with Gasteiger partial charge in [0.15, 0.2) is 4.34 Å². The van der Waals surface area contributed by atoms with Crippen molar-refractivity contribution < 1.29 is 4.79 Å². The van der Waals surface area contributed by atoms with Crippen LogP contribution in [0.3, 0.4) is 0 Å². The summed E-state index contributed by atoms with van der Waals surface area (Å²) in [6, 6.07) is 3.42. The fourth-order valence-corrected chi connectivity index (χ4v) is 3.29. The highest BCUT2D eigenvalue weighted by Gasteiger charge is 2.08. The molecular weight excluding hydrogens is 276 g/mol. The maximum Gasteiger partial charge on any atom is 0.326 e. The Morgan fingerprint density at radius 2 is 2.35 bits per heavy atom. The summed E-state index contributed by atoms with van der Waals surface area (Å²) in [6.07, 6.45) is 0. The molecule has 2 aromatic heterocycles. The number of anilines is 2. The van der Waals surface area contributed by atoms with Crippen LogP contribution in [0.1, 0.15) is 6.92 Å². The molecule has 2 rings (SSSR count). The number of thiophene rings is 1. The normalized spacial score (nSPS) is 10.2. The predicted molar refractivity (Wildman–Crippen MR) is 73.3 cm³/mol. The third-order valence-electron chi connectivity index (χ3n) is 1.65. The number of thioether (sulfide) groups is 1. The van der Waals surface area contributed by atoms with Crippen LogP contribution in [0.15, 0.2) is 21.9 Å². The second kappa shape index (κ2) is 5.99. The van der Waals surface area contributed by atoms with Gasteiger partial charge < -0.3 is 0 Å². The molecule has 2 heterocycles. The first-order valence-electron chi connectivity index (χ1n) is 4.85. The Morgan fingerprint density at radius 1 is 1.47 bits per heavy atom. The summed E-state index contributed by atoms with van der Waals surface area (Å²) in [5.41, 5.74) is 0. The highest BCUT2D eigenvalue weighted by Crippen LogP contribution is 2.25. The zero-order valence-corrected chi connectivity index (χ0v) is 11.4. The SMILES string of the molecule is CCSc1nnc(NC(=O)Nc2cccs2)s1. The summed E-state index contributed by atoms with van der Waals surface area (Å²) in [6.45, 7) is 2.04. The van der Waals surface area contributed by atoms with Crippen molar-refractivity contribution in [3.05, 3.63) is 17.5 Å².